The molecular formula is C18H30N2. The van der Waals surface area contributed by atoms with E-state index in [1.807, 2.05) is 0 Å². The van der Waals surface area contributed by atoms with Crippen LogP contribution in [0.2, 0.25) is 0 Å². The highest BCUT2D eigenvalue weighted by molar-refractivity contribution is 5.23. The fourth-order valence-corrected chi connectivity index (χ4v) is 2.72. The molecule has 1 aromatic rings. The first-order chi connectivity index (χ1) is 9.81. The van der Waals surface area contributed by atoms with Crippen molar-refractivity contribution in [2.24, 2.45) is 5.92 Å². The Kier molecular flexibility index (Phi) is 6.55. The summed E-state index contributed by atoms with van der Waals surface area (Å²) in [5.41, 5.74) is 2.88. The van der Waals surface area contributed by atoms with Gasteiger partial charge in [0.05, 0.1) is 0 Å². The molecule has 1 N–H and O–H groups in total. The highest BCUT2D eigenvalue weighted by Crippen LogP contribution is 2.30. The minimum absolute atomic E-state index is 0.982. The van der Waals surface area contributed by atoms with Crippen LogP contribution in [0.15, 0.2) is 24.3 Å². The number of hydrogen-bond donors (Lipinski definition) is 1. The van der Waals surface area contributed by atoms with Crippen LogP contribution in [0.5, 0.6) is 0 Å². The van der Waals surface area contributed by atoms with Gasteiger partial charge in [-0.05, 0) is 55.8 Å². The Labute approximate surface area is 124 Å². The number of hydrogen-bond acceptors (Lipinski definition) is 2. The van der Waals surface area contributed by atoms with Crippen molar-refractivity contribution in [2.75, 3.05) is 19.6 Å². The predicted octanol–water partition coefficient (Wildman–Crippen LogP) is 3.81. The fourth-order valence-electron chi connectivity index (χ4n) is 2.72. The maximum absolute atomic E-state index is 3.49. The predicted molar refractivity (Wildman–Crippen MR) is 86.7 cm³/mol. The molecule has 20 heavy (non-hydrogen) atoms. The van der Waals surface area contributed by atoms with Crippen molar-refractivity contribution in [2.45, 2.75) is 52.6 Å². The summed E-state index contributed by atoms with van der Waals surface area (Å²) >= 11 is 0. The summed E-state index contributed by atoms with van der Waals surface area (Å²) < 4.78 is 0. The maximum atomic E-state index is 3.49. The standard InChI is InChI=1S/C18H30N2/c1-3-10-19-13-17-6-5-7-18(12-17)15-20(11-4-2)14-16-8-9-16/h5-7,12,16,19H,3-4,8-11,13-15H2,1-2H3. The van der Waals surface area contributed by atoms with E-state index in [0.717, 1.165) is 25.6 Å². The lowest BCUT2D eigenvalue weighted by Gasteiger charge is -2.22. The molecule has 0 atom stereocenters. The molecule has 2 nitrogen and oxygen atoms in total. The summed E-state index contributed by atoms with van der Waals surface area (Å²) in [6.45, 7) is 10.2. The highest BCUT2D eigenvalue weighted by atomic mass is 15.1. The topological polar surface area (TPSA) is 15.3 Å². The van der Waals surface area contributed by atoms with Gasteiger partial charge in [-0.2, -0.15) is 0 Å². The van der Waals surface area contributed by atoms with Crippen molar-refractivity contribution in [1.82, 2.24) is 10.2 Å². The Hall–Kier alpha value is -0.860. The molecule has 2 rings (SSSR count). The molecule has 1 aromatic carbocycles. The summed E-state index contributed by atoms with van der Waals surface area (Å²) in [4.78, 5) is 2.64. The van der Waals surface area contributed by atoms with Crippen molar-refractivity contribution in [3.05, 3.63) is 35.4 Å². The minimum Gasteiger partial charge on any atom is -0.313 e. The summed E-state index contributed by atoms with van der Waals surface area (Å²) in [6.07, 6.45) is 5.35. The van der Waals surface area contributed by atoms with Crippen LogP contribution in [0.25, 0.3) is 0 Å². The van der Waals surface area contributed by atoms with Crippen molar-refractivity contribution >= 4 is 0 Å². The zero-order valence-electron chi connectivity index (χ0n) is 13.2. The molecule has 2 heteroatoms. The third-order valence-electron chi connectivity index (χ3n) is 3.91. The summed E-state index contributed by atoms with van der Waals surface area (Å²) in [5.74, 6) is 0.982. The Morgan fingerprint density at radius 3 is 2.65 bits per heavy atom. The summed E-state index contributed by atoms with van der Waals surface area (Å²) in [5, 5.41) is 3.49. The Morgan fingerprint density at radius 2 is 1.95 bits per heavy atom. The van der Waals surface area contributed by atoms with Crippen LogP contribution in [0.3, 0.4) is 0 Å². The first-order valence-corrected chi connectivity index (χ1v) is 8.32. The number of benzene rings is 1. The van der Waals surface area contributed by atoms with Gasteiger partial charge in [0.25, 0.3) is 0 Å². The van der Waals surface area contributed by atoms with E-state index in [-0.39, 0.29) is 0 Å². The molecule has 112 valence electrons. The normalized spacial score (nSPS) is 14.9. The van der Waals surface area contributed by atoms with Crippen molar-refractivity contribution in [3.63, 3.8) is 0 Å². The molecule has 1 aliphatic rings. The van der Waals surface area contributed by atoms with Gasteiger partial charge in [-0.25, -0.2) is 0 Å². The average molecular weight is 274 g/mol. The van der Waals surface area contributed by atoms with Gasteiger partial charge in [0.15, 0.2) is 0 Å². The van der Waals surface area contributed by atoms with E-state index in [1.165, 1.54) is 49.9 Å². The van der Waals surface area contributed by atoms with E-state index >= 15 is 0 Å². The average Bonchev–Trinajstić information content (AvgIpc) is 3.24. The zero-order valence-corrected chi connectivity index (χ0v) is 13.2. The lowest BCUT2D eigenvalue weighted by molar-refractivity contribution is 0.255. The van der Waals surface area contributed by atoms with Crippen LogP contribution in [0.1, 0.15) is 50.7 Å². The molecule has 0 aromatic heterocycles. The van der Waals surface area contributed by atoms with Crippen LogP contribution in [0.4, 0.5) is 0 Å². The highest BCUT2D eigenvalue weighted by Gasteiger charge is 2.23. The van der Waals surface area contributed by atoms with Gasteiger partial charge >= 0.3 is 0 Å². The second kappa shape index (κ2) is 8.43. The van der Waals surface area contributed by atoms with Crippen LogP contribution in [0, 0.1) is 5.92 Å². The van der Waals surface area contributed by atoms with Crippen LogP contribution >= 0.6 is 0 Å². The van der Waals surface area contributed by atoms with Gasteiger partial charge in [0, 0.05) is 19.6 Å². The van der Waals surface area contributed by atoms with Crippen molar-refractivity contribution < 1.29 is 0 Å². The lowest BCUT2D eigenvalue weighted by Crippen LogP contribution is -2.26. The fraction of sp³-hybridized carbons (Fsp3) is 0.667. The van der Waals surface area contributed by atoms with Crippen molar-refractivity contribution in [1.29, 1.82) is 0 Å². The van der Waals surface area contributed by atoms with Gasteiger partial charge in [-0.15, -0.1) is 0 Å². The van der Waals surface area contributed by atoms with E-state index in [1.54, 1.807) is 0 Å². The zero-order chi connectivity index (χ0) is 14.2. The molecule has 0 radical (unpaired) electrons. The maximum Gasteiger partial charge on any atom is 0.0233 e. The molecule has 0 bridgehead atoms. The number of rotatable bonds is 10. The van der Waals surface area contributed by atoms with Gasteiger partial charge in [-0.3, -0.25) is 4.90 Å². The number of nitrogens with zero attached hydrogens (tertiary/aromatic N) is 1. The summed E-state index contributed by atoms with van der Waals surface area (Å²) in [7, 11) is 0. The second-order valence-electron chi connectivity index (χ2n) is 6.18. The first-order valence-electron chi connectivity index (χ1n) is 8.32. The Morgan fingerprint density at radius 1 is 1.15 bits per heavy atom. The third-order valence-corrected chi connectivity index (χ3v) is 3.91. The molecule has 1 saturated carbocycles. The van der Waals surface area contributed by atoms with E-state index in [9.17, 15) is 0 Å². The molecule has 0 heterocycles. The molecular weight excluding hydrogens is 244 g/mol. The Balaban J connectivity index is 1.87. The third kappa shape index (κ3) is 5.64. The van der Waals surface area contributed by atoms with Crippen molar-refractivity contribution in [3.8, 4) is 0 Å². The molecule has 0 unspecified atom stereocenters. The van der Waals surface area contributed by atoms with Gasteiger partial charge in [0.2, 0.25) is 0 Å². The Bertz CT molecular complexity index is 385. The molecule has 0 spiro atoms. The van der Waals surface area contributed by atoms with Gasteiger partial charge in [-0.1, -0.05) is 38.1 Å². The number of nitrogens with one attached hydrogen (secondary N) is 1. The van der Waals surface area contributed by atoms with E-state index < -0.39 is 0 Å². The largest absolute Gasteiger partial charge is 0.313 e. The summed E-state index contributed by atoms with van der Waals surface area (Å²) in [6, 6.07) is 9.09. The van der Waals surface area contributed by atoms with Crippen LogP contribution in [-0.2, 0) is 13.1 Å². The lowest BCUT2D eigenvalue weighted by atomic mass is 10.1. The van der Waals surface area contributed by atoms with E-state index in [0.29, 0.717) is 0 Å². The van der Waals surface area contributed by atoms with Gasteiger partial charge < -0.3 is 5.32 Å². The SMILES string of the molecule is CCCNCc1cccc(CN(CCC)CC2CC2)c1. The van der Waals surface area contributed by atoms with Gasteiger partial charge in [0.1, 0.15) is 0 Å². The molecule has 1 fully saturated rings. The van der Waals surface area contributed by atoms with E-state index in [2.05, 4.69) is 48.3 Å². The molecule has 0 amide bonds. The van der Waals surface area contributed by atoms with Crippen LogP contribution in [-0.4, -0.2) is 24.5 Å². The minimum atomic E-state index is 0.982. The monoisotopic (exact) mass is 274 g/mol. The molecule has 0 saturated heterocycles. The first kappa shape index (κ1) is 15.5. The smallest absolute Gasteiger partial charge is 0.0233 e. The van der Waals surface area contributed by atoms with Crippen LogP contribution < -0.4 is 5.32 Å². The quantitative estimate of drug-likeness (QED) is 0.653. The second-order valence-corrected chi connectivity index (χ2v) is 6.18. The van der Waals surface area contributed by atoms with E-state index in [4.69, 9.17) is 0 Å². The molecule has 1 aliphatic carbocycles. The molecule has 0 aliphatic heterocycles.